The number of likely N-dealkylation sites (tertiary alicyclic amines) is 1. The molecule has 5 heteroatoms. The van der Waals surface area contributed by atoms with Crippen LogP contribution in [0.15, 0.2) is 48.8 Å². The fraction of sp³-hybridized carbons (Fsp3) is 0.350. The lowest BCUT2D eigenvalue weighted by atomic mass is 9.89. The van der Waals surface area contributed by atoms with Gasteiger partial charge in [-0.3, -0.25) is 4.90 Å². The number of ether oxygens (including phenoxy) is 1. The van der Waals surface area contributed by atoms with E-state index in [-0.39, 0.29) is 0 Å². The topological polar surface area (TPSA) is 41.1 Å². The minimum atomic E-state index is 0.617. The van der Waals surface area contributed by atoms with Gasteiger partial charge in [-0.05, 0) is 73.8 Å². The van der Waals surface area contributed by atoms with Gasteiger partial charge in [0.15, 0.2) is 0 Å². The summed E-state index contributed by atoms with van der Waals surface area (Å²) in [5.41, 5.74) is 2.41. The zero-order valence-corrected chi connectivity index (χ0v) is 14.9. The van der Waals surface area contributed by atoms with Crippen LogP contribution in [0, 0.1) is 0 Å². The molecule has 0 spiro atoms. The molecule has 130 valence electrons. The van der Waals surface area contributed by atoms with Crippen molar-refractivity contribution in [1.82, 2.24) is 14.9 Å². The van der Waals surface area contributed by atoms with Crippen LogP contribution in [0.25, 0.3) is 11.0 Å². The number of benzene rings is 1. The number of rotatable bonds is 5. The summed E-state index contributed by atoms with van der Waals surface area (Å²) in [6.07, 6.45) is 6.35. The number of nitrogens with one attached hydrogen (secondary N) is 1. The van der Waals surface area contributed by atoms with E-state index in [9.17, 15) is 0 Å². The molecule has 1 N–H and O–H groups in total. The van der Waals surface area contributed by atoms with Gasteiger partial charge in [0.1, 0.15) is 18.0 Å². The average Bonchev–Trinajstić information content (AvgIpc) is 3.08. The summed E-state index contributed by atoms with van der Waals surface area (Å²) in [6, 6.07) is 11.7. The Bertz CT molecular complexity index is 822. The van der Waals surface area contributed by atoms with Crippen molar-refractivity contribution in [2.24, 2.45) is 0 Å². The van der Waals surface area contributed by atoms with E-state index in [4.69, 9.17) is 16.3 Å². The van der Waals surface area contributed by atoms with Crippen LogP contribution < -0.4 is 4.74 Å². The van der Waals surface area contributed by atoms with Crippen LogP contribution in [-0.2, 0) is 0 Å². The van der Waals surface area contributed by atoms with Crippen LogP contribution >= 0.6 is 11.6 Å². The Morgan fingerprint density at radius 1 is 1.16 bits per heavy atom. The Morgan fingerprint density at radius 3 is 2.76 bits per heavy atom. The summed E-state index contributed by atoms with van der Waals surface area (Å²) in [5.74, 6) is 1.50. The molecular formula is C20H22ClN3O. The maximum Gasteiger partial charge on any atom is 0.137 e. The van der Waals surface area contributed by atoms with Gasteiger partial charge in [-0.1, -0.05) is 11.6 Å². The highest BCUT2D eigenvalue weighted by Gasteiger charge is 2.22. The number of nitrogens with zero attached hydrogens (tertiary/aromatic N) is 2. The summed E-state index contributed by atoms with van der Waals surface area (Å²) >= 11 is 5.89. The molecule has 2 aromatic heterocycles. The Labute approximate surface area is 152 Å². The molecule has 4 nitrogen and oxygen atoms in total. The highest BCUT2D eigenvalue weighted by atomic mass is 35.5. The van der Waals surface area contributed by atoms with E-state index in [1.54, 1.807) is 0 Å². The molecule has 25 heavy (non-hydrogen) atoms. The van der Waals surface area contributed by atoms with Crippen LogP contribution in [-0.4, -0.2) is 41.1 Å². The number of H-pyrrole nitrogens is 1. The second-order valence-corrected chi connectivity index (χ2v) is 7.00. The monoisotopic (exact) mass is 355 g/mol. The third kappa shape index (κ3) is 3.80. The summed E-state index contributed by atoms with van der Waals surface area (Å²) in [4.78, 5) is 10.2. The van der Waals surface area contributed by atoms with Crippen LogP contribution in [0.3, 0.4) is 0 Å². The van der Waals surface area contributed by atoms with Crippen LogP contribution in [0.5, 0.6) is 5.75 Å². The predicted molar refractivity (Wildman–Crippen MR) is 101 cm³/mol. The molecule has 0 amide bonds. The zero-order chi connectivity index (χ0) is 17.1. The van der Waals surface area contributed by atoms with Crippen molar-refractivity contribution < 1.29 is 4.74 Å². The highest BCUT2D eigenvalue weighted by Crippen LogP contribution is 2.32. The molecular weight excluding hydrogens is 334 g/mol. The normalized spacial score (nSPS) is 16.4. The Balaban J connectivity index is 1.27. The lowest BCUT2D eigenvalue weighted by Crippen LogP contribution is -2.35. The second-order valence-electron chi connectivity index (χ2n) is 6.56. The zero-order valence-electron chi connectivity index (χ0n) is 14.1. The third-order valence-corrected chi connectivity index (χ3v) is 5.25. The number of fused-ring (bicyclic) bond motifs is 1. The first kappa shape index (κ1) is 16.4. The molecule has 3 aromatic rings. The number of hydrogen-bond donors (Lipinski definition) is 1. The number of piperidine rings is 1. The molecule has 3 heterocycles. The van der Waals surface area contributed by atoms with E-state index in [1.807, 2.05) is 36.5 Å². The van der Waals surface area contributed by atoms with Gasteiger partial charge in [0.2, 0.25) is 0 Å². The first-order valence-electron chi connectivity index (χ1n) is 8.82. The van der Waals surface area contributed by atoms with E-state index < -0.39 is 0 Å². The smallest absolute Gasteiger partial charge is 0.137 e. The van der Waals surface area contributed by atoms with Gasteiger partial charge in [0.25, 0.3) is 0 Å². The number of hydrogen-bond acceptors (Lipinski definition) is 3. The van der Waals surface area contributed by atoms with E-state index in [0.29, 0.717) is 12.5 Å². The van der Waals surface area contributed by atoms with Crippen molar-refractivity contribution in [1.29, 1.82) is 0 Å². The minimum absolute atomic E-state index is 0.617. The van der Waals surface area contributed by atoms with Gasteiger partial charge in [-0.25, -0.2) is 4.98 Å². The van der Waals surface area contributed by atoms with Crippen LogP contribution in [0.2, 0.25) is 5.02 Å². The molecule has 0 aliphatic carbocycles. The van der Waals surface area contributed by atoms with Gasteiger partial charge in [0.05, 0.1) is 0 Å². The van der Waals surface area contributed by atoms with Gasteiger partial charge in [-0.15, -0.1) is 0 Å². The molecule has 4 rings (SSSR count). The average molecular weight is 356 g/mol. The van der Waals surface area contributed by atoms with Crippen molar-refractivity contribution in [3.8, 4) is 5.75 Å². The van der Waals surface area contributed by atoms with E-state index in [0.717, 1.165) is 36.1 Å². The Morgan fingerprint density at radius 2 is 1.96 bits per heavy atom. The predicted octanol–water partition coefficient (Wildman–Crippen LogP) is 4.47. The largest absolute Gasteiger partial charge is 0.492 e. The van der Waals surface area contributed by atoms with E-state index in [2.05, 4.69) is 27.1 Å². The Hall–Kier alpha value is -2.04. The first-order valence-corrected chi connectivity index (χ1v) is 9.20. The Kier molecular flexibility index (Phi) is 4.90. The molecule has 0 radical (unpaired) electrons. The van der Waals surface area contributed by atoms with Crippen molar-refractivity contribution in [3.05, 3.63) is 59.4 Å². The summed E-state index contributed by atoms with van der Waals surface area (Å²) in [7, 11) is 0. The number of pyridine rings is 1. The number of halogens is 1. The fourth-order valence-electron chi connectivity index (χ4n) is 3.61. The van der Waals surface area contributed by atoms with Crippen molar-refractivity contribution in [2.75, 3.05) is 26.2 Å². The van der Waals surface area contributed by atoms with Crippen molar-refractivity contribution in [2.45, 2.75) is 18.8 Å². The number of aromatic nitrogens is 2. The quantitative estimate of drug-likeness (QED) is 0.733. The molecule has 0 bridgehead atoms. The van der Waals surface area contributed by atoms with E-state index >= 15 is 0 Å². The van der Waals surface area contributed by atoms with E-state index in [1.165, 1.54) is 23.8 Å². The van der Waals surface area contributed by atoms with Crippen molar-refractivity contribution >= 4 is 22.6 Å². The van der Waals surface area contributed by atoms with Crippen molar-refractivity contribution in [3.63, 3.8) is 0 Å². The van der Waals surface area contributed by atoms with Gasteiger partial charge >= 0.3 is 0 Å². The fourth-order valence-corrected chi connectivity index (χ4v) is 3.73. The van der Waals surface area contributed by atoms with Crippen LogP contribution in [0.4, 0.5) is 0 Å². The summed E-state index contributed by atoms with van der Waals surface area (Å²) < 4.78 is 5.81. The second kappa shape index (κ2) is 7.46. The standard InChI is InChI=1S/C20H22ClN3O/c21-16-3-5-17(6-4-16)25-13-12-24-10-7-15(8-11-24)19-14-23-20-18(19)2-1-9-22-20/h1-6,9,14-15H,7-8,10-13H2,(H,22,23). The third-order valence-electron chi connectivity index (χ3n) is 5.00. The molecule has 1 saturated heterocycles. The first-order chi connectivity index (χ1) is 12.3. The maximum absolute atomic E-state index is 5.89. The molecule has 1 aromatic carbocycles. The number of aromatic amines is 1. The molecule has 0 unspecified atom stereocenters. The molecule has 1 fully saturated rings. The van der Waals surface area contributed by atoms with Gasteiger partial charge in [-0.2, -0.15) is 0 Å². The molecule has 1 aliphatic rings. The van der Waals surface area contributed by atoms with Gasteiger partial charge in [0, 0.05) is 29.3 Å². The lowest BCUT2D eigenvalue weighted by Gasteiger charge is -2.31. The van der Waals surface area contributed by atoms with Gasteiger partial charge < -0.3 is 9.72 Å². The minimum Gasteiger partial charge on any atom is -0.492 e. The maximum atomic E-state index is 5.89. The van der Waals surface area contributed by atoms with Crippen LogP contribution in [0.1, 0.15) is 24.3 Å². The lowest BCUT2D eigenvalue weighted by molar-refractivity contribution is 0.173. The summed E-state index contributed by atoms with van der Waals surface area (Å²) in [5, 5.41) is 2.01. The highest BCUT2D eigenvalue weighted by molar-refractivity contribution is 6.30. The summed E-state index contributed by atoms with van der Waals surface area (Å²) in [6.45, 7) is 3.90. The SMILES string of the molecule is Clc1ccc(OCCN2CCC(c3c[nH]c4ncccc34)CC2)cc1. The molecule has 0 atom stereocenters. The molecule has 1 aliphatic heterocycles. The molecule has 0 saturated carbocycles.